The van der Waals surface area contributed by atoms with Crippen molar-refractivity contribution in [3.05, 3.63) is 40.8 Å². The molecule has 4 nitrogen and oxygen atoms in total. The van der Waals surface area contributed by atoms with Crippen molar-refractivity contribution in [2.45, 2.75) is 27.3 Å². The molecular formula is C13H18N4. The molecule has 0 aliphatic rings. The molecule has 0 fully saturated rings. The van der Waals surface area contributed by atoms with Gasteiger partial charge in [0.25, 0.3) is 0 Å². The molecule has 17 heavy (non-hydrogen) atoms. The molecule has 0 unspecified atom stereocenters. The molecule has 0 radical (unpaired) electrons. The molecule has 0 aliphatic heterocycles. The second-order valence-corrected chi connectivity index (χ2v) is 4.30. The molecule has 2 heterocycles. The molecule has 2 aromatic heterocycles. The zero-order chi connectivity index (χ0) is 12.4. The third-order valence-electron chi connectivity index (χ3n) is 3.10. The molecule has 2 rings (SSSR count). The fraction of sp³-hybridized carbons (Fsp3) is 0.385. The van der Waals surface area contributed by atoms with Gasteiger partial charge in [-0.1, -0.05) is 6.07 Å². The largest absolute Gasteiger partial charge is 0.366 e. The lowest BCUT2D eigenvalue weighted by molar-refractivity contribution is 0.730. The van der Waals surface area contributed by atoms with Gasteiger partial charge in [0.1, 0.15) is 5.82 Å². The van der Waals surface area contributed by atoms with E-state index in [1.807, 2.05) is 24.7 Å². The standard InChI is InChI=1S/C13H18N4/c1-9-6-5-7-14-13(9)15-8-12-10(2)16-17(4)11(12)3/h5-7H,8H2,1-4H3,(H,14,15). The Morgan fingerprint density at radius 2 is 2.06 bits per heavy atom. The number of nitrogens with zero attached hydrogens (tertiary/aromatic N) is 3. The summed E-state index contributed by atoms with van der Waals surface area (Å²) in [5, 5.41) is 7.76. The first-order valence-corrected chi connectivity index (χ1v) is 5.74. The highest BCUT2D eigenvalue weighted by molar-refractivity contribution is 5.43. The number of hydrogen-bond acceptors (Lipinski definition) is 3. The maximum absolute atomic E-state index is 4.40. The van der Waals surface area contributed by atoms with Crippen LogP contribution in [-0.2, 0) is 13.6 Å². The van der Waals surface area contributed by atoms with Crippen LogP contribution in [0.1, 0.15) is 22.5 Å². The predicted octanol–water partition coefficient (Wildman–Crippen LogP) is 2.35. The second-order valence-electron chi connectivity index (χ2n) is 4.30. The molecule has 2 aromatic rings. The number of rotatable bonds is 3. The Morgan fingerprint density at radius 3 is 2.65 bits per heavy atom. The van der Waals surface area contributed by atoms with Crippen LogP contribution in [0.4, 0.5) is 5.82 Å². The Balaban J connectivity index is 2.15. The minimum absolute atomic E-state index is 0.767. The van der Waals surface area contributed by atoms with Gasteiger partial charge in [0, 0.05) is 31.0 Å². The van der Waals surface area contributed by atoms with Gasteiger partial charge in [-0.25, -0.2) is 4.98 Å². The minimum atomic E-state index is 0.767. The molecule has 0 saturated carbocycles. The van der Waals surface area contributed by atoms with Crippen molar-refractivity contribution in [1.29, 1.82) is 0 Å². The van der Waals surface area contributed by atoms with Crippen molar-refractivity contribution in [2.75, 3.05) is 5.32 Å². The van der Waals surface area contributed by atoms with Crippen LogP contribution >= 0.6 is 0 Å². The molecule has 0 aliphatic carbocycles. The average Bonchev–Trinajstić information content (AvgIpc) is 2.53. The fourth-order valence-corrected chi connectivity index (χ4v) is 1.92. The molecule has 0 saturated heterocycles. The van der Waals surface area contributed by atoms with Crippen LogP contribution in [0.2, 0.25) is 0 Å². The summed E-state index contributed by atoms with van der Waals surface area (Å²) in [6.45, 7) is 6.94. The maximum atomic E-state index is 4.40. The topological polar surface area (TPSA) is 42.7 Å². The van der Waals surface area contributed by atoms with Gasteiger partial charge in [0.2, 0.25) is 0 Å². The molecule has 0 aromatic carbocycles. The SMILES string of the molecule is Cc1cccnc1NCc1c(C)nn(C)c1C. The molecular weight excluding hydrogens is 212 g/mol. The van der Waals surface area contributed by atoms with Crippen molar-refractivity contribution in [3.8, 4) is 0 Å². The molecule has 0 spiro atoms. The number of pyridine rings is 1. The lowest BCUT2D eigenvalue weighted by atomic mass is 10.2. The van der Waals surface area contributed by atoms with Crippen molar-refractivity contribution in [1.82, 2.24) is 14.8 Å². The van der Waals surface area contributed by atoms with Gasteiger partial charge in [-0.3, -0.25) is 4.68 Å². The Labute approximate surface area is 102 Å². The van der Waals surface area contributed by atoms with Crippen molar-refractivity contribution < 1.29 is 0 Å². The van der Waals surface area contributed by atoms with E-state index in [2.05, 4.69) is 35.3 Å². The summed E-state index contributed by atoms with van der Waals surface area (Å²) >= 11 is 0. The van der Waals surface area contributed by atoms with Gasteiger partial charge in [0.05, 0.1) is 5.69 Å². The maximum Gasteiger partial charge on any atom is 0.129 e. The molecule has 0 amide bonds. The Hall–Kier alpha value is -1.84. The van der Waals surface area contributed by atoms with Crippen LogP contribution in [0.3, 0.4) is 0 Å². The van der Waals surface area contributed by atoms with Crippen LogP contribution < -0.4 is 5.32 Å². The molecule has 0 bridgehead atoms. The van der Waals surface area contributed by atoms with Crippen LogP contribution in [-0.4, -0.2) is 14.8 Å². The van der Waals surface area contributed by atoms with Gasteiger partial charge in [0.15, 0.2) is 0 Å². The summed E-state index contributed by atoms with van der Waals surface area (Å²) in [6.07, 6.45) is 1.80. The average molecular weight is 230 g/mol. The number of hydrogen-bond donors (Lipinski definition) is 1. The van der Waals surface area contributed by atoms with E-state index in [1.54, 1.807) is 6.20 Å². The Bertz CT molecular complexity index is 528. The smallest absolute Gasteiger partial charge is 0.129 e. The number of aromatic nitrogens is 3. The lowest BCUT2D eigenvalue weighted by Crippen LogP contribution is -2.05. The Morgan fingerprint density at radius 1 is 1.29 bits per heavy atom. The summed E-state index contributed by atoms with van der Waals surface area (Å²) in [5.74, 6) is 0.940. The number of anilines is 1. The van der Waals surface area contributed by atoms with Gasteiger partial charge in [-0.2, -0.15) is 5.10 Å². The number of nitrogens with one attached hydrogen (secondary N) is 1. The summed E-state index contributed by atoms with van der Waals surface area (Å²) in [5.41, 5.74) is 4.68. The third kappa shape index (κ3) is 2.30. The van der Waals surface area contributed by atoms with Gasteiger partial charge in [-0.15, -0.1) is 0 Å². The fourth-order valence-electron chi connectivity index (χ4n) is 1.92. The highest BCUT2D eigenvalue weighted by Gasteiger charge is 2.09. The molecule has 1 N–H and O–H groups in total. The van der Waals surface area contributed by atoms with E-state index in [9.17, 15) is 0 Å². The van der Waals surface area contributed by atoms with Gasteiger partial charge >= 0.3 is 0 Å². The zero-order valence-corrected chi connectivity index (χ0v) is 10.8. The van der Waals surface area contributed by atoms with Crippen molar-refractivity contribution >= 4 is 5.82 Å². The summed E-state index contributed by atoms with van der Waals surface area (Å²) in [7, 11) is 1.97. The highest BCUT2D eigenvalue weighted by atomic mass is 15.3. The van der Waals surface area contributed by atoms with Crippen LogP contribution in [0.25, 0.3) is 0 Å². The summed E-state index contributed by atoms with van der Waals surface area (Å²) in [6, 6.07) is 4.00. The van der Waals surface area contributed by atoms with E-state index in [-0.39, 0.29) is 0 Å². The van der Waals surface area contributed by atoms with Crippen LogP contribution in [0.5, 0.6) is 0 Å². The van der Waals surface area contributed by atoms with Gasteiger partial charge < -0.3 is 5.32 Å². The van der Waals surface area contributed by atoms with Crippen molar-refractivity contribution in [2.24, 2.45) is 7.05 Å². The summed E-state index contributed by atoms with van der Waals surface area (Å²) < 4.78 is 1.91. The second kappa shape index (κ2) is 4.57. The third-order valence-corrected chi connectivity index (χ3v) is 3.10. The van der Waals surface area contributed by atoms with Crippen molar-refractivity contribution in [3.63, 3.8) is 0 Å². The van der Waals surface area contributed by atoms with Gasteiger partial charge in [-0.05, 0) is 32.4 Å². The van der Waals surface area contributed by atoms with E-state index in [0.29, 0.717) is 0 Å². The molecule has 4 heteroatoms. The number of aryl methyl sites for hydroxylation is 3. The lowest BCUT2D eigenvalue weighted by Gasteiger charge is -2.08. The first-order chi connectivity index (χ1) is 8.09. The van der Waals surface area contributed by atoms with E-state index in [4.69, 9.17) is 0 Å². The first kappa shape index (κ1) is 11.6. The predicted molar refractivity (Wildman–Crippen MR) is 69.0 cm³/mol. The highest BCUT2D eigenvalue weighted by Crippen LogP contribution is 2.15. The first-order valence-electron chi connectivity index (χ1n) is 5.74. The summed E-state index contributed by atoms with van der Waals surface area (Å²) in [4.78, 5) is 4.32. The van der Waals surface area contributed by atoms with E-state index < -0.39 is 0 Å². The van der Waals surface area contributed by atoms with E-state index >= 15 is 0 Å². The van der Waals surface area contributed by atoms with Crippen LogP contribution in [0, 0.1) is 20.8 Å². The Kier molecular flexibility index (Phi) is 3.13. The van der Waals surface area contributed by atoms with Crippen LogP contribution in [0.15, 0.2) is 18.3 Å². The monoisotopic (exact) mass is 230 g/mol. The molecule has 90 valence electrons. The minimum Gasteiger partial charge on any atom is -0.366 e. The normalized spacial score (nSPS) is 10.6. The van der Waals surface area contributed by atoms with E-state index in [0.717, 1.165) is 23.6 Å². The molecule has 0 atom stereocenters. The zero-order valence-electron chi connectivity index (χ0n) is 10.8. The van der Waals surface area contributed by atoms with E-state index in [1.165, 1.54) is 11.3 Å². The quantitative estimate of drug-likeness (QED) is 0.880.